The molecule has 24 heavy (non-hydrogen) atoms. The minimum atomic E-state index is -0.316. The molecular weight excluding hydrogens is 304 g/mol. The quantitative estimate of drug-likeness (QED) is 0.723. The van der Waals surface area contributed by atoms with E-state index in [0.717, 1.165) is 18.5 Å². The number of carbonyl (C=O) groups excluding carboxylic acids is 1. The number of rotatable bonds is 8. The van der Waals surface area contributed by atoms with Crippen molar-refractivity contribution in [3.8, 4) is 5.75 Å². The van der Waals surface area contributed by atoms with Gasteiger partial charge >= 0.3 is 0 Å². The van der Waals surface area contributed by atoms with Crippen molar-refractivity contribution in [2.24, 2.45) is 0 Å². The molecule has 0 aliphatic heterocycles. The van der Waals surface area contributed by atoms with E-state index in [2.05, 4.69) is 27.8 Å². The Morgan fingerprint density at radius 1 is 1.17 bits per heavy atom. The largest absolute Gasteiger partial charge is 0.495 e. The number of hydrogen-bond donors (Lipinski definition) is 2. The molecule has 0 unspecified atom stereocenters. The first-order valence-corrected chi connectivity index (χ1v) is 8.17. The molecule has 1 amide bonds. The Kier molecular flexibility index (Phi) is 6.54. The van der Waals surface area contributed by atoms with Gasteiger partial charge in [-0.05, 0) is 43.2 Å². The highest BCUT2D eigenvalue weighted by atomic mass is 16.5. The molecule has 0 radical (unpaired) electrons. The Balaban J connectivity index is 1.99. The number of hydrogen-bond acceptors (Lipinski definition) is 5. The molecule has 1 heterocycles. The molecule has 0 atom stereocenters. The highest BCUT2D eigenvalue weighted by molar-refractivity contribution is 6.03. The molecule has 2 N–H and O–H groups in total. The van der Waals surface area contributed by atoms with Crippen molar-refractivity contribution in [3.05, 3.63) is 41.6 Å². The van der Waals surface area contributed by atoms with Crippen molar-refractivity contribution in [2.45, 2.75) is 33.1 Å². The first-order chi connectivity index (χ1) is 11.6. The highest BCUT2D eigenvalue weighted by Gasteiger charge is 2.12. The van der Waals surface area contributed by atoms with Gasteiger partial charge in [0.15, 0.2) is 5.69 Å². The molecule has 0 aliphatic rings. The summed E-state index contributed by atoms with van der Waals surface area (Å²) in [6, 6.07) is 9.02. The second kappa shape index (κ2) is 8.86. The Hall–Kier alpha value is -2.63. The molecule has 0 saturated carbocycles. The fourth-order valence-corrected chi connectivity index (χ4v) is 2.24. The monoisotopic (exact) mass is 328 g/mol. The van der Waals surface area contributed by atoms with Crippen molar-refractivity contribution >= 4 is 17.4 Å². The molecule has 0 bridgehead atoms. The topological polar surface area (TPSA) is 76.1 Å². The first-order valence-electron chi connectivity index (χ1n) is 8.17. The van der Waals surface area contributed by atoms with Crippen molar-refractivity contribution in [1.29, 1.82) is 0 Å². The summed E-state index contributed by atoms with van der Waals surface area (Å²) in [5, 5.41) is 14.0. The van der Waals surface area contributed by atoms with E-state index in [1.165, 1.54) is 12.8 Å². The number of nitrogens with one attached hydrogen (secondary N) is 2. The molecule has 128 valence electrons. The number of anilines is 2. The maximum absolute atomic E-state index is 12.3. The zero-order valence-electron chi connectivity index (χ0n) is 14.4. The lowest BCUT2D eigenvalue weighted by Gasteiger charge is -2.10. The van der Waals surface area contributed by atoms with Crippen LogP contribution in [-0.2, 0) is 0 Å². The van der Waals surface area contributed by atoms with Gasteiger partial charge in [-0.25, -0.2) is 0 Å². The number of aryl methyl sites for hydroxylation is 1. The Labute approximate surface area is 142 Å². The smallest absolute Gasteiger partial charge is 0.276 e. The van der Waals surface area contributed by atoms with Crippen LogP contribution in [0.25, 0.3) is 0 Å². The predicted octanol–water partition coefficient (Wildman–Crippen LogP) is 3.65. The van der Waals surface area contributed by atoms with E-state index in [4.69, 9.17) is 4.74 Å². The lowest BCUT2D eigenvalue weighted by molar-refractivity contribution is 0.102. The van der Waals surface area contributed by atoms with Crippen molar-refractivity contribution in [3.63, 3.8) is 0 Å². The third-order valence-electron chi connectivity index (χ3n) is 3.59. The van der Waals surface area contributed by atoms with Gasteiger partial charge in [0.25, 0.3) is 5.91 Å². The van der Waals surface area contributed by atoms with Crippen molar-refractivity contribution < 1.29 is 9.53 Å². The van der Waals surface area contributed by atoms with E-state index in [0.29, 0.717) is 17.3 Å². The molecule has 0 saturated heterocycles. The van der Waals surface area contributed by atoms with Gasteiger partial charge < -0.3 is 15.4 Å². The second-order valence-electron chi connectivity index (χ2n) is 5.60. The van der Waals surface area contributed by atoms with Gasteiger partial charge in [0, 0.05) is 6.54 Å². The Morgan fingerprint density at radius 3 is 2.67 bits per heavy atom. The minimum Gasteiger partial charge on any atom is -0.495 e. The summed E-state index contributed by atoms with van der Waals surface area (Å²) >= 11 is 0. The Bertz CT molecular complexity index is 671. The van der Waals surface area contributed by atoms with E-state index in [9.17, 15) is 4.79 Å². The molecule has 2 aromatic rings. The maximum Gasteiger partial charge on any atom is 0.276 e. The molecule has 0 spiro atoms. The van der Waals surface area contributed by atoms with Crippen LogP contribution in [0.15, 0.2) is 30.3 Å². The van der Waals surface area contributed by atoms with Gasteiger partial charge in [-0.15, -0.1) is 10.2 Å². The van der Waals surface area contributed by atoms with Crippen LogP contribution in [0.5, 0.6) is 5.75 Å². The summed E-state index contributed by atoms with van der Waals surface area (Å²) in [5.74, 6) is 0.968. The van der Waals surface area contributed by atoms with E-state index in [1.54, 1.807) is 19.2 Å². The molecule has 1 aromatic carbocycles. The number of amides is 1. The van der Waals surface area contributed by atoms with Crippen LogP contribution < -0.4 is 15.4 Å². The van der Waals surface area contributed by atoms with Gasteiger partial charge in [-0.2, -0.15) is 0 Å². The van der Waals surface area contributed by atoms with Crippen LogP contribution in [0.4, 0.5) is 11.5 Å². The summed E-state index contributed by atoms with van der Waals surface area (Å²) in [4.78, 5) is 12.3. The van der Waals surface area contributed by atoms with Gasteiger partial charge in [0.05, 0.1) is 12.8 Å². The fraction of sp³-hybridized carbons (Fsp3) is 0.389. The second-order valence-corrected chi connectivity index (χ2v) is 5.60. The van der Waals surface area contributed by atoms with Gasteiger partial charge in [-0.3, -0.25) is 4.79 Å². The number of aromatic nitrogens is 2. The van der Waals surface area contributed by atoms with E-state index in [1.807, 2.05) is 25.1 Å². The molecule has 2 rings (SSSR count). The summed E-state index contributed by atoms with van der Waals surface area (Å²) in [6.07, 6.45) is 3.45. The summed E-state index contributed by atoms with van der Waals surface area (Å²) in [7, 11) is 1.57. The minimum absolute atomic E-state index is 0.262. The predicted molar refractivity (Wildman–Crippen MR) is 95.7 cm³/mol. The molecule has 0 aliphatic carbocycles. The SMILES string of the molecule is CCCCCNc1ccc(C(=O)Nc2cc(C)ccc2OC)nn1. The number of nitrogens with zero attached hydrogens (tertiary/aromatic N) is 2. The van der Waals surface area contributed by atoms with Crippen LogP contribution >= 0.6 is 0 Å². The number of methoxy groups -OCH3 is 1. The Morgan fingerprint density at radius 2 is 2.00 bits per heavy atom. The third-order valence-corrected chi connectivity index (χ3v) is 3.59. The summed E-state index contributed by atoms with van der Waals surface area (Å²) in [5.41, 5.74) is 1.91. The standard InChI is InChI=1S/C18H24N4O2/c1-4-5-6-11-19-17-10-8-14(21-22-17)18(23)20-15-12-13(2)7-9-16(15)24-3/h7-10,12H,4-6,11H2,1-3H3,(H,19,22)(H,20,23). The van der Waals surface area contributed by atoms with E-state index in [-0.39, 0.29) is 11.6 Å². The van der Waals surface area contributed by atoms with E-state index < -0.39 is 0 Å². The lowest BCUT2D eigenvalue weighted by atomic mass is 10.2. The number of benzene rings is 1. The molecule has 6 heteroatoms. The highest BCUT2D eigenvalue weighted by Crippen LogP contribution is 2.25. The number of carbonyl (C=O) groups is 1. The summed E-state index contributed by atoms with van der Waals surface area (Å²) < 4.78 is 5.26. The average Bonchev–Trinajstić information content (AvgIpc) is 2.59. The molecule has 0 fully saturated rings. The summed E-state index contributed by atoms with van der Waals surface area (Å²) in [6.45, 7) is 4.97. The van der Waals surface area contributed by atoms with Gasteiger partial charge in [-0.1, -0.05) is 25.8 Å². The first kappa shape index (κ1) is 17.7. The number of ether oxygens (including phenoxy) is 1. The van der Waals surface area contributed by atoms with Crippen molar-refractivity contribution in [2.75, 3.05) is 24.3 Å². The van der Waals surface area contributed by atoms with Crippen LogP contribution in [0.3, 0.4) is 0 Å². The molecule has 1 aromatic heterocycles. The van der Waals surface area contributed by atoms with Gasteiger partial charge in [0.1, 0.15) is 11.6 Å². The third kappa shape index (κ3) is 4.94. The normalized spacial score (nSPS) is 10.3. The maximum atomic E-state index is 12.3. The zero-order chi connectivity index (χ0) is 17.4. The zero-order valence-corrected chi connectivity index (χ0v) is 14.4. The van der Waals surface area contributed by atoms with Crippen LogP contribution in [-0.4, -0.2) is 29.8 Å². The number of unbranched alkanes of at least 4 members (excludes halogenated alkanes) is 2. The van der Waals surface area contributed by atoms with E-state index >= 15 is 0 Å². The molecule has 6 nitrogen and oxygen atoms in total. The van der Waals surface area contributed by atoms with Crippen molar-refractivity contribution in [1.82, 2.24) is 10.2 Å². The van der Waals surface area contributed by atoms with Crippen LogP contribution in [0, 0.1) is 6.92 Å². The fourth-order valence-electron chi connectivity index (χ4n) is 2.24. The van der Waals surface area contributed by atoms with Crippen LogP contribution in [0.2, 0.25) is 0 Å². The lowest BCUT2D eigenvalue weighted by Crippen LogP contribution is -2.15. The average molecular weight is 328 g/mol. The van der Waals surface area contributed by atoms with Crippen LogP contribution in [0.1, 0.15) is 42.2 Å². The van der Waals surface area contributed by atoms with Gasteiger partial charge in [0.2, 0.25) is 0 Å². The molecular formula is C18H24N4O2.